The Morgan fingerprint density at radius 2 is 2.19 bits per heavy atom. The zero-order valence-electron chi connectivity index (χ0n) is 11.2. The van der Waals surface area contributed by atoms with Crippen molar-refractivity contribution in [2.75, 3.05) is 0 Å². The molecule has 1 heterocycles. The predicted molar refractivity (Wildman–Crippen MR) is 75.5 cm³/mol. The van der Waals surface area contributed by atoms with E-state index in [4.69, 9.17) is 6.42 Å². The molecule has 7 heteroatoms. The van der Waals surface area contributed by atoms with Gasteiger partial charge in [-0.3, -0.25) is 0 Å². The maximum absolute atomic E-state index is 13.9. The van der Waals surface area contributed by atoms with Crippen LogP contribution in [0.25, 0.3) is 0 Å². The van der Waals surface area contributed by atoms with E-state index < -0.39 is 23.2 Å². The second-order valence-corrected chi connectivity index (χ2v) is 4.53. The van der Waals surface area contributed by atoms with E-state index in [-0.39, 0.29) is 24.5 Å². The van der Waals surface area contributed by atoms with Gasteiger partial charge in [0, 0.05) is 5.56 Å². The lowest BCUT2D eigenvalue weighted by atomic mass is 9.82. The van der Waals surface area contributed by atoms with Crippen LogP contribution in [-0.2, 0) is 12.1 Å². The molecule has 0 aliphatic rings. The van der Waals surface area contributed by atoms with E-state index in [0.29, 0.717) is 0 Å². The minimum Gasteiger partial charge on any atom is -0.382 e. The van der Waals surface area contributed by atoms with Crippen molar-refractivity contribution in [3.05, 3.63) is 48.1 Å². The van der Waals surface area contributed by atoms with Crippen molar-refractivity contribution >= 4 is 12.4 Å². The Balaban J connectivity index is 0.00000220. The second-order valence-electron chi connectivity index (χ2n) is 4.53. The fourth-order valence-corrected chi connectivity index (χ4v) is 1.98. The fourth-order valence-electron chi connectivity index (χ4n) is 1.98. The highest BCUT2D eigenvalue weighted by atomic mass is 35.5. The lowest BCUT2D eigenvalue weighted by Crippen LogP contribution is -2.38. The molecule has 2 rings (SSSR count). The molecule has 112 valence electrons. The zero-order chi connectivity index (χ0) is 14.8. The summed E-state index contributed by atoms with van der Waals surface area (Å²) in [6, 6.07) is 2.88. The van der Waals surface area contributed by atoms with Gasteiger partial charge in [0.05, 0.1) is 12.5 Å². The number of nitrogens with zero attached hydrogens (tertiary/aromatic N) is 3. The molecule has 0 fully saturated rings. The molecule has 0 spiro atoms. The maximum Gasteiger partial charge on any atom is 0.137 e. The Morgan fingerprint density at radius 1 is 1.48 bits per heavy atom. The van der Waals surface area contributed by atoms with Gasteiger partial charge in [-0.2, -0.15) is 5.10 Å². The molecule has 0 aliphatic carbocycles. The number of rotatable bonds is 4. The van der Waals surface area contributed by atoms with Gasteiger partial charge in [-0.05, 0) is 25.1 Å². The summed E-state index contributed by atoms with van der Waals surface area (Å²) in [6.45, 7) is 1.43. The average Bonchev–Trinajstić information content (AvgIpc) is 2.93. The topological polar surface area (TPSA) is 50.9 Å². The van der Waals surface area contributed by atoms with Crippen molar-refractivity contribution < 1.29 is 13.9 Å². The smallest absolute Gasteiger partial charge is 0.137 e. The molecular weight excluding hydrogens is 300 g/mol. The van der Waals surface area contributed by atoms with Gasteiger partial charge in [0.15, 0.2) is 0 Å². The lowest BCUT2D eigenvalue weighted by molar-refractivity contribution is -0.0193. The van der Waals surface area contributed by atoms with Gasteiger partial charge in [-0.15, -0.1) is 24.8 Å². The predicted octanol–water partition coefficient (Wildman–Crippen LogP) is 2.14. The first-order valence-corrected chi connectivity index (χ1v) is 5.94. The molecule has 1 N–H and O–H groups in total. The van der Waals surface area contributed by atoms with Crippen LogP contribution in [-0.4, -0.2) is 19.9 Å². The monoisotopic (exact) mass is 313 g/mol. The Hall–Kier alpha value is -1.97. The molecule has 0 radical (unpaired) electrons. The first kappa shape index (κ1) is 17.1. The summed E-state index contributed by atoms with van der Waals surface area (Å²) in [4.78, 5) is 3.75. The highest BCUT2D eigenvalue weighted by Crippen LogP contribution is 2.33. The first-order chi connectivity index (χ1) is 9.47. The van der Waals surface area contributed by atoms with Crippen LogP contribution in [0.1, 0.15) is 12.5 Å². The van der Waals surface area contributed by atoms with Crippen LogP contribution in [0.2, 0.25) is 0 Å². The van der Waals surface area contributed by atoms with E-state index in [9.17, 15) is 13.9 Å². The molecule has 2 aromatic rings. The second kappa shape index (κ2) is 6.66. The van der Waals surface area contributed by atoms with Gasteiger partial charge in [0.1, 0.15) is 29.9 Å². The van der Waals surface area contributed by atoms with E-state index in [0.717, 1.165) is 18.2 Å². The summed E-state index contributed by atoms with van der Waals surface area (Å²) >= 11 is 0. The molecule has 0 saturated carbocycles. The zero-order valence-corrected chi connectivity index (χ0v) is 12.0. The van der Waals surface area contributed by atoms with Crippen LogP contribution < -0.4 is 0 Å². The van der Waals surface area contributed by atoms with Gasteiger partial charge in [0.2, 0.25) is 0 Å². The van der Waals surface area contributed by atoms with Crippen LogP contribution in [0.5, 0.6) is 0 Å². The minimum atomic E-state index is -1.78. The highest BCUT2D eigenvalue weighted by molar-refractivity contribution is 5.85. The van der Waals surface area contributed by atoms with Gasteiger partial charge < -0.3 is 5.11 Å². The van der Waals surface area contributed by atoms with Gasteiger partial charge in [0.25, 0.3) is 0 Å². The third-order valence-corrected chi connectivity index (χ3v) is 3.23. The third-order valence-electron chi connectivity index (χ3n) is 3.23. The summed E-state index contributed by atoms with van der Waals surface area (Å²) in [5, 5.41) is 14.6. The van der Waals surface area contributed by atoms with E-state index in [2.05, 4.69) is 16.0 Å². The third kappa shape index (κ3) is 3.38. The van der Waals surface area contributed by atoms with Crippen LogP contribution >= 0.6 is 12.4 Å². The van der Waals surface area contributed by atoms with Gasteiger partial charge >= 0.3 is 0 Å². The summed E-state index contributed by atoms with van der Waals surface area (Å²) in [6.07, 6.45) is 7.99. The molecule has 1 aromatic heterocycles. The molecule has 4 nitrogen and oxygen atoms in total. The molecule has 0 aliphatic heterocycles. The number of terminal acetylenes is 1. The van der Waals surface area contributed by atoms with E-state index in [1.807, 2.05) is 0 Å². The highest BCUT2D eigenvalue weighted by Gasteiger charge is 2.38. The molecule has 2 atom stereocenters. The Labute approximate surface area is 127 Å². The summed E-state index contributed by atoms with van der Waals surface area (Å²) in [5.74, 6) is 0.239. The Bertz CT molecular complexity index is 642. The van der Waals surface area contributed by atoms with Crippen molar-refractivity contribution in [3.8, 4) is 12.3 Å². The standard InChI is InChI=1S/C14H13F2N3O.ClH/c1-3-10(2)14(20,7-19-9-17-8-18-19)12-6-11(15)4-5-13(12)16;/h1,4-6,8-10,20H,7H2,2H3;1H/t10-,14+;/m0./s1. The minimum absolute atomic E-state index is 0. The van der Waals surface area contributed by atoms with Gasteiger partial charge in [-0.1, -0.05) is 0 Å². The summed E-state index contributed by atoms with van der Waals surface area (Å²) in [7, 11) is 0. The number of aromatic nitrogens is 3. The van der Waals surface area contributed by atoms with Crippen LogP contribution in [0.15, 0.2) is 30.9 Å². The van der Waals surface area contributed by atoms with Crippen molar-refractivity contribution in [1.82, 2.24) is 14.8 Å². The number of halogens is 3. The fraction of sp³-hybridized carbons (Fsp3) is 0.286. The molecule has 1 aromatic carbocycles. The van der Waals surface area contributed by atoms with E-state index >= 15 is 0 Å². The molecular formula is C14H14ClF2N3O. The number of benzene rings is 1. The van der Waals surface area contributed by atoms with E-state index in [1.54, 1.807) is 6.92 Å². The molecule has 0 bridgehead atoms. The van der Waals surface area contributed by atoms with Crippen molar-refractivity contribution in [1.29, 1.82) is 0 Å². The maximum atomic E-state index is 13.9. The summed E-state index contributed by atoms with van der Waals surface area (Å²) < 4.78 is 28.6. The summed E-state index contributed by atoms with van der Waals surface area (Å²) in [5.41, 5.74) is -1.98. The largest absolute Gasteiger partial charge is 0.382 e. The van der Waals surface area contributed by atoms with Crippen LogP contribution in [0.4, 0.5) is 8.78 Å². The Kier molecular flexibility index (Phi) is 5.41. The molecule has 0 unspecified atom stereocenters. The van der Waals surface area contributed by atoms with Gasteiger partial charge in [-0.25, -0.2) is 18.4 Å². The molecule has 21 heavy (non-hydrogen) atoms. The average molecular weight is 314 g/mol. The number of aliphatic hydroxyl groups is 1. The molecule has 0 saturated heterocycles. The van der Waals surface area contributed by atoms with Crippen LogP contribution in [0, 0.1) is 29.9 Å². The van der Waals surface area contributed by atoms with Crippen molar-refractivity contribution in [2.45, 2.75) is 19.1 Å². The number of hydrogen-bond acceptors (Lipinski definition) is 3. The SMILES string of the molecule is C#C[C@H](C)[C@](O)(Cn1cncn1)c1cc(F)ccc1F.Cl. The number of hydrogen-bond donors (Lipinski definition) is 1. The van der Waals surface area contributed by atoms with Crippen molar-refractivity contribution in [3.63, 3.8) is 0 Å². The normalized spacial score (nSPS) is 14.6. The van der Waals surface area contributed by atoms with Crippen LogP contribution in [0.3, 0.4) is 0 Å². The molecule has 0 amide bonds. The Morgan fingerprint density at radius 3 is 2.76 bits per heavy atom. The quantitative estimate of drug-likeness (QED) is 0.880. The first-order valence-electron chi connectivity index (χ1n) is 5.94. The van der Waals surface area contributed by atoms with E-state index in [1.165, 1.54) is 17.3 Å². The lowest BCUT2D eigenvalue weighted by Gasteiger charge is -2.32. The van der Waals surface area contributed by atoms with Crippen molar-refractivity contribution in [2.24, 2.45) is 5.92 Å².